The van der Waals surface area contributed by atoms with E-state index < -0.39 is 5.37 Å². The average Bonchev–Trinajstić information content (AvgIpc) is 3.11. The molecule has 122 valence electrons. The van der Waals surface area contributed by atoms with Gasteiger partial charge in [0.2, 0.25) is 0 Å². The van der Waals surface area contributed by atoms with Gasteiger partial charge in [-0.2, -0.15) is 4.37 Å². The van der Waals surface area contributed by atoms with E-state index in [9.17, 15) is 4.79 Å². The average molecular weight is 353 g/mol. The maximum absolute atomic E-state index is 11.7. The van der Waals surface area contributed by atoms with Crippen LogP contribution in [0.3, 0.4) is 0 Å². The number of rotatable bonds is 5. The lowest BCUT2D eigenvalue weighted by molar-refractivity contribution is -0.152. The number of carbonyl (C=O) groups excluding carboxylic acids is 1. The van der Waals surface area contributed by atoms with Gasteiger partial charge < -0.3 is 5.32 Å². The SMILES string of the molecule is O=C(Cl)N(OCc1ccccc1)[C@@H]1CC[C@@H](c2ncns2)NC1. The quantitative estimate of drug-likeness (QED) is 0.508. The van der Waals surface area contributed by atoms with Crippen LogP contribution in [0, 0.1) is 0 Å². The van der Waals surface area contributed by atoms with Crippen LogP contribution in [0.15, 0.2) is 36.7 Å². The Bertz CT molecular complexity index is 618. The van der Waals surface area contributed by atoms with E-state index in [-0.39, 0.29) is 12.1 Å². The molecule has 0 aliphatic carbocycles. The van der Waals surface area contributed by atoms with Crippen molar-refractivity contribution >= 4 is 28.5 Å². The predicted octanol–water partition coefficient (Wildman–Crippen LogP) is 3.12. The molecule has 1 fully saturated rings. The molecule has 0 saturated carbocycles. The molecular formula is C15H17ClN4O2S. The summed E-state index contributed by atoms with van der Waals surface area (Å²) in [5, 5.41) is 5.03. The number of carbonyl (C=O) groups is 1. The van der Waals surface area contributed by atoms with Gasteiger partial charge in [0, 0.05) is 6.54 Å². The number of nitrogens with zero attached hydrogens (tertiary/aromatic N) is 3. The van der Waals surface area contributed by atoms with Crippen LogP contribution >= 0.6 is 23.1 Å². The third kappa shape index (κ3) is 4.26. The summed E-state index contributed by atoms with van der Waals surface area (Å²) in [5.74, 6) is 0. The number of amides is 1. The summed E-state index contributed by atoms with van der Waals surface area (Å²) < 4.78 is 4.02. The molecule has 0 unspecified atom stereocenters. The van der Waals surface area contributed by atoms with Crippen molar-refractivity contribution in [2.45, 2.75) is 31.5 Å². The van der Waals surface area contributed by atoms with Crippen LogP contribution in [0.2, 0.25) is 0 Å². The van der Waals surface area contributed by atoms with E-state index in [4.69, 9.17) is 16.4 Å². The highest BCUT2D eigenvalue weighted by molar-refractivity contribution is 7.05. The lowest BCUT2D eigenvalue weighted by atomic mass is 10.0. The van der Waals surface area contributed by atoms with Gasteiger partial charge in [-0.15, -0.1) is 0 Å². The summed E-state index contributed by atoms with van der Waals surface area (Å²) in [7, 11) is 0. The normalized spacial score (nSPS) is 21.1. The van der Waals surface area contributed by atoms with Crippen LogP contribution in [0.25, 0.3) is 0 Å². The second kappa shape index (κ2) is 7.83. The second-order valence-electron chi connectivity index (χ2n) is 5.31. The molecule has 1 saturated heterocycles. The lowest BCUT2D eigenvalue weighted by Crippen LogP contribution is -2.47. The van der Waals surface area contributed by atoms with E-state index in [2.05, 4.69) is 14.7 Å². The van der Waals surface area contributed by atoms with Crippen molar-refractivity contribution in [1.29, 1.82) is 0 Å². The van der Waals surface area contributed by atoms with Crippen LogP contribution in [0.1, 0.15) is 29.5 Å². The number of hydrogen-bond acceptors (Lipinski definition) is 6. The Hall–Kier alpha value is -1.54. The van der Waals surface area contributed by atoms with Crippen molar-refractivity contribution in [1.82, 2.24) is 19.7 Å². The van der Waals surface area contributed by atoms with Gasteiger partial charge in [-0.1, -0.05) is 30.3 Å². The molecule has 1 aromatic carbocycles. The van der Waals surface area contributed by atoms with Gasteiger partial charge in [-0.3, -0.25) is 9.63 Å². The first-order valence-corrected chi connectivity index (χ1v) is 8.54. The molecule has 23 heavy (non-hydrogen) atoms. The molecule has 2 heterocycles. The van der Waals surface area contributed by atoms with E-state index in [1.165, 1.54) is 16.6 Å². The van der Waals surface area contributed by atoms with Crippen molar-refractivity contribution in [3.05, 3.63) is 47.2 Å². The van der Waals surface area contributed by atoms with Gasteiger partial charge in [-0.25, -0.2) is 10.0 Å². The summed E-state index contributed by atoms with van der Waals surface area (Å²) in [6.45, 7) is 0.924. The molecule has 1 N–H and O–H groups in total. The molecule has 2 atom stereocenters. The Morgan fingerprint density at radius 1 is 1.39 bits per heavy atom. The van der Waals surface area contributed by atoms with E-state index in [0.717, 1.165) is 23.4 Å². The largest absolute Gasteiger partial charge is 0.340 e. The molecule has 0 bridgehead atoms. The van der Waals surface area contributed by atoms with E-state index in [0.29, 0.717) is 13.2 Å². The smallest absolute Gasteiger partial charge is 0.306 e. The van der Waals surface area contributed by atoms with Crippen LogP contribution < -0.4 is 5.32 Å². The molecule has 3 rings (SSSR count). The molecule has 0 radical (unpaired) electrons. The summed E-state index contributed by atoms with van der Waals surface area (Å²) >= 11 is 7.08. The number of benzene rings is 1. The Labute approximate surface area is 143 Å². The Morgan fingerprint density at radius 3 is 2.83 bits per heavy atom. The van der Waals surface area contributed by atoms with Gasteiger partial charge >= 0.3 is 5.37 Å². The summed E-state index contributed by atoms with van der Waals surface area (Å²) in [4.78, 5) is 21.6. The van der Waals surface area contributed by atoms with Gasteiger partial charge in [-0.05, 0) is 41.5 Å². The molecule has 1 aromatic heterocycles. The van der Waals surface area contributed by atoms with Crippen LogP contribution in [-0.2, 0) is 11.4 Å². The number of hydrogen-bond donors (Lipinski definition) is 1. The maximum Gasteiger partial charge on any atom is 0.340 e. The fourth-order valence-electron chi connectivity index (χ4n) is 2.61. The minimum atomic E-state index is -0.595. The zero-order chi connectivity index (χ0) is 16.1. The highest BCUT2D eigenvalue weighted by Crippen LogP contribution is 2.26. The predicted molar refractivity (Wildman–Crippen MR) is 88.0 cm³/mol. The molecule has 1 amide bonds. The first-order chi connectivity index (χ1) is 11.2. The molecule has 0 spiro atoms. The van der Waals surface area contributed by atoms with E-state index in [1.54, 1.807) is 6.33 Å². The van der Waals surface area contributed by atoms with Crippen LogP contribution in [0.5, 0.6) is 0 Å². The second-order valence-corrected chi connectivity index (χ2v) is 6.44. The Balaban J connectivity index is 1.56. The molecule has 1 aliphatic heterocycles. The van der Waals surface area contributed by atoms with Gasteiger partial charge in [0.05, 0.1) is 12.1 Å². The Morgan fingerprint density at radius 2 is 2.22 bits per heavy atom. The molecule has 1 aliphatic rings. The van der Waals surface area contributed by atoms with Gasteiger partial charge in [0.25, 0.3) is 0 Å². The minimum Gasteiger partial charge on any atom is -0.306 e. The first-order valence-electron chi connectivity index (χ1n) is 7.39. The highest BCUT2D eigenvalue weighted by Gasteiger charge is 2.30. The van der Waals surface area contributed by atoms with Crippen LogP contribution in [0.4, 0.5) is 4.79 Å². The van der Waals surface area contributed by atoms with Gasteiger partial charge in [0.15, 0.2) is 0 Å². The number of halogens is 1. The topological polar surface area (TPSA) is 67.4 Å². The number of nitrogens with one attached hydrogen (secondary N) is 1. The third-order valence-corrected chi connectivity index (χ3v) is 4.73. The number of aromatic nitrogens is 2. The summed E-state index contributed by atoms with van der Waals surface area (Å²) in [6.07, 6.45) is 3.21. The standard InChI is InChI=1S/C15H17ClN4O2S/c16-15(21)20(22-9-11-4-2-1-3-5-11)12-6-7-13(17-8-12)14-18-10-19-23-14/h1-5,10,12-13,17H,6-9H2/t12-,13+/m1/s1. The lowest BCUT2D eigenvalue weighted by Gasteiger charge is -2.34. The van der Waals surface area contributed by atoms with Crippen molar-refractivity contribution in [2.24, 2.45) is 0 Å². The maximum atomic E-state index is 11.7. The fraction of sp³-hybridized carbons (Fsp3) is 0.400. The van der Waals surface area contributed by atoms with Crippen molar-refractivity contribution in [3.8, 4) is 0 Å². The summed E-state index contributed by atoms with van der Waals surface area (Å²) in [5.41, 5.74) is 0.992. The number of hydroxylamine groups is 2. The number of piperidine rings is 1. The zero-order valence-corrected chi connectivity index (χ0v) is 14.0. The summed E-state index contributed by atoms with van der Waals surface area (Å²) in [6, 6.07) is 9.78. The van der Waals surface area contributed by atoms with E-state index >= 15 is 0 Å². The third-order valence-electron chi connectivity index (χ3n) is 3.78. The molecular weight excluding hydrogens is 336 g/mol. The first kappa shape index (κ1) is 16.3. The molecule has 6 nitrogen and oxygen atoms in total. The highest BCUT2D eigenvalue weighted by atomic mass is 35.5. The molecule has 2 aromatic rings. The van der Waals surface area contributed by atoms with Crippen molar-refractivity contribution in [3.63, 3.8) is 0 Å². The van der Waals surface area contributed by atoms with Gasteiger partial charge in [0.1, 0.15) is 17.9 Å². The minimum absolute atomic E-state index is 0.0899. The fourth-order valence-corrected chi connectivity index (χ4v) is 3.42. The van der Waals surface area contributed by atoms with E-state index in [1.807, 2.05) is 30.3 Å². The molecule has 8 heteroatoms. The zero-order valence-electron chi connectivity index (χ0n) is 12.4. The van der Waals surface area contributed by atoms with Crippen molar-refractivity contribution < 1.29 is 9.63 Å². The Kier molecular flexibility index (Phi) is 5.56. The van der Waals surface area contributed by atoms with Crippen molar-refractivity contribution in [2.75, 3.05) is 6.54 Å². The van der Waals surface area contributed by atoms with Crippen LogP contribution in [-0.4, -0.2) is 32.4 Å². The monoisotopic (exact) mass is 352 g/mol.